The number of rotatable bonds is 2. The molecule has 1 aliphatic rings. The lowest BCUT2D eigenvalue weighted by atomic mass is 10.0. The quantitative estimate of drug-likeness (QED) is 0.804. The molecule has 16 heavy (non-hydrogen) atoms. The van der Waals surface area contributed by atoms with Crippen LogP contribution in [-0.2, 0) is 4.74 Å². The second-order valence-corrected chi connectivity index (χ2v) is 4.03. The van der Waals surface area contributed by atoms with Crippen LogP contribution in [0.1, 0.15) is 31.4 Å². The van der Waals surface area contributed by atoms with Gasteiger partial charge in [0.05, 0.1) is 6.10 Å². The van der Waals surface area contributed by atoms with E-state index in [1.54, 1.807) is 6.92 Å². The molecule has 2 atom stereocenters. The number of benzene rings is 1. The predicted molar refractivity (Wildman–Crippen MR) is 65.1 cm³/mol. The van der Waals surface area contributed by atoms with Gasteiger partial charge in [0, 0.05) is 19.3 Å². The van der Waals surface area contributed by atoms with Gasteiger partial charge in [0.15, 0.2) is 0 Å². The van der Waals surface area contributed by atoms with Crippen molar-refractivity contribution in [2.75, 3.05) is 13.2 Å². The molecule has 1 aromatic carbocycles. The molecule has 0 spiro atoms. The smallest absolute Gasteiger partial charge is 0.0938 e. The maximum Gasteiger partial charge on any atom is 0.0938 e. The summed E-state index contributed by atoms with van der Waals surface area (Å²) in [6.07, 6.45) is 2.01. The van der Waals surface area contributed by atoms with E-state index in [1.807, 2.05) is 30.3 Å². The highest BCUT2D eigenvalue weighted by Gasteiger charge is 2.10. The lowest BCUT2D eigenvalue weighted by Crippen LogP contribution is -2.24. The van der Waals surface area contributed by atoms with Crippen LogP contribution in [0.5, 0.6) is 0 Å². The van der Waals surface area contributed by atoms with Crippen molar-refractivity contribution >= 4 is 0 Å². The third-order valence-corrected chi connectivity index (χ3v) is 2.47. The first-order chi connectivity index (χ1) is 7.72. The average molecular weight is 223 g/mol. The highest BCUT2D eigenvalue weighted by molar-refractivity contribution is 5.18. The molecule has 90 valence electrons. The Morgan fingerprint density at radius 3 is 2.12 bits per heavy atom. The normalized spacial score (nSPS) is 18.4. The van der Waals surface area contributed by atoms with Crippen LogP contribution in [0.4, 0.5) is 0 Å². The van der Waals surface area contributed by atoms with E-state index in [4.69, 9.17) is 10.5 Å². The largest absolute Gasteiger partial charge is 0.387 e. The molecule has 1 aromatic rings. The molecule has 0 radical (unpaired) electrons. The molecule has 3 nitrogen and oxygen atoms in total. The molecule has 2 rings (SSSR count). The van der Waals surface area contributed by atoms with Gasteiger partial charge in [-0.3, -0.25) is 0 Å². The maximum absolute atomic E-state index is 9.47. The summed E-state index contributed by atoms with van der Waals surface area (Å²) in [6, 6.07) is 9.22. The van der Waals surface area contributed by atoms with E-state index < -0.39 is 6.10 Å². The number of hydrogen-bond donors (Lipinski definition) is 2. The Bertz CT molecular complexity index is 263. The van der Waals surface area contributed by atoms with Crippen LogP contribution in [0, 0.1) is 0 Å². The van der Waals surface area contributed by atoms with Crippen molar-refractivity contribution in [1.82, 2.24) is 0 Å². The zero-order valence-electron chi connectivity index (χ0n) is 9.80. The minimum atomic E-state index is -0.545. The Hall–Kier alpha value is -0.900. The summed E-state index contributed by atoms with van der Waals surface area (Å²) in [4.78, 5) is 0. The molecule has 3 heteroatoms. The number of aliphatic hydroxyl groups is 1. The SMILES string of the molecule is C1CCOC1.C[C@@H](N)[C@@H](O)c1ccccc1. The minimum absolute atomic E-state index is 0.211. The molecule has 1 fully saturated rings. The molecular weight excluding hydrogens is 202 g/mol. The van der Waals surface area contributed by atoms with Crippen LogP contribution in [0.2, 0.25) is 0 Å². The van der Waals surface area contributed by atoms with Gasteiger partial charge >= 0.3 is 0 Å². The Morgan fingerprint density at radius 1 is 1.19 bits per heavy atom. The molecule has 0 bridgehead atoms. The summed E-state index contributed by atoms with van der Waals surface area (Å²) in [7, 11) is 0. The second-order valence-electron chi connectivity index (χ2n) is 4.03. The van der Waals surface area contributed by atoms with E-state index in [0.717, 1.165) is 18.8 Å². The standard InChI is InChI=1S/C9H13NO.C4H8O/c1-7(10)9(11)8-5-3-2-4-6-8;1-2-4-5-3-1/h2-7,9,11H,10H2,1H3;1-4H2/t7-,9-;/m1./s1. The first-order valence-corrected chi connectivity index (χ1v) is 5.78. The van der Waals surface area contributed by atoms with Crippen LogP contribution in [0.25, 0.3) is 0 Å². The van der Waals surface area contributed by atoms with Crippen LogP contribution in [-0.4, -0.2) is 24.4 Å². The van der Waals surface area contributed by atoms with Gasteiger partial charge in [-0.25, -0.2) is 0 Å². The fraction of sp³-hybridized carbons (Fsp3) is 0.538. The van der Waals surface area contributed by atoms with Gasteiger partial charge in [0.1, 0.15) is 0 Å². The molecule has 0 aromatic heterocycles. The van der Waals surface area contributed by atoms with Crippen molar-refractivity contribution in [3.63, 3.8) is 0 Å². The lowest BCUT2D eigenvalue weighted by molar-refractivity contribution is 0.153. The molecule has 0 aliphatic carbocycles. The minimum Gasteiger partial charge on any atom is -0.387 e. The van der Waals surface area contributed by atoms with Crippen LogP contribution in [0.3, 0.4) is 0 Å². The second kappa shape index (κ2) is 7.39. The van der Waals surface area contributed by atoms with Gasteiger partial charge in [0.25, 0.3) is 0 Å². The maximum atomic E-state index is 9.47. The Labute approximate surface area is 97.2 Å². The van der Waals surface area contributed by atoms with Gasteiger partial charge in [-0.1, -0.05) is 30.3 Å². The molecule has 1 saturated heterocycles. The molecule has 0 amide bonds. The summed E-state index contributed by atoms with van der Waals surface area (Å²) in [5, 5.41) is 9.47. The molecule has 3 N–H and O–H groups in total. The lowest BCUT2D eigenvalue weighted by Gasteiger charge is -2.13. The van der Waals surface area contributed by atoms with Crippen molar-refractivity contribution in [3.8, 4) is 0 Å². The zero-order valence-corrected chi connectivity index (χ0v) is 9.80. The van der Waals surface area contributed by atoms with Crippen LogP contribution in [0.15, 0.2) is 30.3 Å². The van der Waals surface area contributed by atoms with Crippen molar-refractivity contribution in [2.24, 2.45) is 5.73 Å². The first-order valence-electron chi connectivity index (χ1n) is 5.78. The highest BCUT2D eigenvalue weighted by Crippen LogP contribution is 2.13. The molecule has 1 aliphatic heterocycles. The topological polar surface area (TPSA) is 55.5 Å². The van der Waals surface area contributed by atoms with Gasteiger partial charge in [-0.2, -0.15) is 0 Å². The Kier molecular flexibility index (Phi) is 6.08. The third-order valence-electron chi connectivity index (χ3n) is 2.47. The first kappa shape index (κ1) is 13.2. The fourth-order valence-electron chi connectivity index (χ4n) is 1.46. The average Bonchev–Trinajstić information content (AvgIpc) is 2.88. The molecular formula is C13H21NO2. The molecule has 1 heterocycles. The number of nitrogens with two attached hydrogens (primary N) is 1. The molecule has 0 saturated carbocycles. The summed E-state index contributed by atoms with van der Waals surface area (Å²) < 4.78 is 4.94. The van der Waals surface area contributed by atoms with Crippen molar-refractivity contribution in [2.45, 2.75) is 31.9 Å². The Morgan fingerprint density at radius 2 is 1.75 bits per heavy atom. The fourth-order valence-corrected chi connectivity index (χ4v) is 1.46. The predicted octanol–water partition coefficient (Wildman–Crippen LogP) is 1.86. The summed E-state index contributed by atoms with van der Waals surface area (Å²) in [5.41, 5.74) is 6.40. The van der Waals surface area contributed by atoms with Crippen molar-refractivity contribution in [1.29, 1.82) is 0 Å². The van der Waals surface area contributed by atoms with Gasteiger partial charge in [-0.05, 0) is 25.3 Å². The van der Waals surface area contributed by atoms with E-state index in [2.05, 4.69) is 0 Å². The number of ether oxygens (including phenoxy) is 1. The van der Waals surface area contributed by atoms with Gasteiger partial charge in [0.2, 0.25) is 0 Å². The van der Waals surface area contributed by atoms with Crippen LogP contribution < -0.4 is 5.73 Å². The van der Waals surface area contributed by atoms with Crippen molar-refractivity contribution in [3.05, 3.63) is 35.9 Å². The monoisotopic (exact) mass is 223 g/mol. The van der Waals surface area contributed by atoms with Gasteiger partial charge < -0.3 is 15.6 Å². The zero-order chi connectivity index (χ0) is 11.8. The molecule has 0 unspecified atom stereocenters. The third kappa shape index (κ3) is 4.75. The summed E-state index contributed by atoms with van der Waals surface area (Å²) in [5.74, 6) is 0. The van der Waals surface area contributed by atoms with E-state index in [0.29, 0.717) is 0 Å². The van der Waals surface area contributed by atoms with Crippen molar-refractivity contribution < 1.29 is 9.84 Å². The van der Waals surface area contributed by atoms with E-state index in [9.17, 15) is 5.11 Å². The Balaban J connectivity index is 0.000000212. The number of aliphatic hydroxyl groups excluding tert-OH is 1. The number of hydrogen-bond acceptors (Lipinski definition) is 3. The van der Waals surface area contributed by atoms with E-state index >= 15 is 0 Å². The van der Waals surface area contributed by atoms with Crippen LogP contribution >= 0.6 is 0 Å². The van der Waals surface area contributed by atoms with E-state index in [1.165, 1.54) is 12.8 Å². The summed E-state index contributed by atoms with van der Waals surface area (Å²) >= 11 is 0. The van der Waals surface area contributed by atoms with Gasteiger partial charge in [-0.15, -0.1) is 0 Å². The highest BCUT2D eigenvalue weighted by atomic mass is 16.5. The van der Waals surface area contributed by atoms with E-state index in [-0.39, 0.29) is 6.04 Å². The summed E-state index contributed by atoms with van der Waals surface area (Å²) in [6.45, 7) is 3.79.